The van der Waals surface area contributed by atoms with E-state index in [1.165, 1.54) is 10.9 Å². The van der Waals surface area contributed by atoms with Crippen molar-refractivity contribution in [3.63, 3.8) is 0 Å². The van der Waals surface area contributed by atoms with Crippen molar-refractivity contribution in [3.05, 3.63) is 45.4 Å². The molecule has 1 aromatic carbocycles. The van der Waals surface area contributed by atoms with Crippen LogP contribution in [0.1, 0.15) is 25.9 Å². The first-order valence-electron chi connectivity index (χ1n) is 5.95. The summed E-state index contributed by atoms with van der Waals surface area (Å²) >= 11 is 1.67. The number of aryl methyl sites for hydroxylation is 2. The van der Waals surface area contributed by atoms with Crippen LogP contribution in [0, 0.1) is 13.8 Å². The maximum atomic E-state index is 10.8. The van der Waals surface area contributed by atoms with Gasteiger partial charge >= 0.3 is 5.97 Å². The third kappa shape index (κ3) is 3.54. The number of aromatic carboxylic acids is 1. The lowest BCUT2D eigenvalue weighted by atomic mass is 10.2. The Morgan fingerprint density at radius 2 is 2.21 bits per heavy atom. The molecule has 0 bridgehead atoms. The highest BCUT2D eigenvalue weighted by molar-refractivity contribution is 7.11. The Bertz CT molecular complexity index is 573. The second kappa shape index (κ2) is 5.84. The van der Waals surface area contributed by atoms with Crippen molar-refractivity contribution in [2.75, 3.05) is 6.61 Å². The molecule has 1 aromatic heterocycles. The van der Waals surface area contributed by atoms with E-state index in [4.69, 9.17) is 9.84 Å². The van der Waals surface area contributed by atoms with Crippen molar-refractivity contribution in [2.45, 2.75) is 20.3 Å². The molecule has 0 unspecified atom stereocenters. The van der Waals surface area contributed by atoms with E-state index >= 15 is 0 Å². The van der Waals surface area contributed by atoms with Gasteiger partial charge in [0.15, 0.2) is 0 Å². The van der Waals surface area contributed by atoms with E-state index in [1.807, 2.05) is 13.8 Å². The molecule has 0 aliphatic carbocycles. The normalized spacial score (nSPS) is 10.4. The van der Waals surface area contributed by atoms with Gasteiger partial charge in [-0.25, -0.2) is 9.78 Å². The molecule has 0 spiro atoms. The minimum Gasteiger partial charge on any atom is -0.493 e. The molecule has 0 atom stereocenters. The second-order valence-electron chi connectivity index (χ2n) is 4.18. The zero-order valence-electron chi connectivity index (χ0n) is 10.8. The molecule has 0 fully saturated rings. The third-order valence-electron chi connectivity index (χ3n) is 2.74. The Labute approximate surface area is 115 Å². The van der Waals surface area contributed by atoms with E-state index in [1.54, 1.807) is 29.5 Å². The fraction of sp³-hybridized carbons (Fsp3) is 0.286. The van der Waals surface area contributed by atoms with Crippen LogP contribution < -0.4 is 4.74 Å². The van der Waals surface area contributed by atoms with Crippen LogP contribution in [-0.2, 0) is 6.42 Å². The van der Waals surface area contributed by atoms with Crippen LogP contribution >= 0.6 is 11.3 Å². The highest BCUT2D eigenvalue weighted by Gasteiger charge is 2.06. The number of hydrogen-bond donors (Lipinski definition) is 1. The topological polar surface area (TPSA) is 59.4 Å². The Morgan fingerprint density at radius 1 is 1.42 bits per heavy atom. The van der Waals surface area contributed by atoms with Crippen molar-refractivity contribution in [2.24, 2.45) is 0 Å². The number of hydrogen-bond acceptors (Lipinski definition) is 4. The molecular formula is C14H15NO3S. The molecule has 4 nitrogen and oxygen atoms in total. The largest absolute Gasteiger partial charge is 0.493 e. The molecule has 19 heavy (non-hydrogen) atoms. The number of carboxylic acids is 1. The molecule has 100 valence electrons. The van der Waals surface area contributed by atoms with Gasteiger partial charge in [-0.05, 0) is 32.0 Å². The van der Waals surface area contributed by atoms with Crippen LogP contribution in [0.4, 0.5) is 0 Å². The van der Waals surface area contributed by atoms with Crippen LogP contribution in [-0.4, -0.2) is 22.7 Å². The van der Waals surface area contributed by atoms with Gasteiger partial charge in [-0.3, -0.25) is 0 Å². The number of carbonyl (C=O) groups is 1. The summed E-state index contributed by atoms with van der Waals surface area (Å²) in [5, 5.41) is 9.93. The summed E-state index contributed by atoms with van der Waals surface area (Å²) in [4.78, 5) is 16.5. The molecule has 0 saturated heterocycles. The van der Waals surface area contributed by atoms with E-state index in [0.717, 1.165) is 17.1 Å². The molecule has 5 heteroatoms. The maximum absolute atomic E-state index is 10.8. The highest BCUT2D eigenvalue weighted by Crippen LogP contribution is 2.18. The molecule has 2 rings (SSSR count). The number of aromatic nitrogens is 1. The fourth-order valence-electron chi connectivity index (χ4n) is 1.62. The van der Waals surface area contributed by atoms with E-state index in [9.17, 15) is 4.79 Å². The SMILES string of the molecule is Cc1nc(CCOc2cccc(C(=O)O)c2)sc1C. The molecule has 0 radical (unpaired) electrons. The first-order valence-corrected chi connectivity index (χ1v) is 6.77. The lowest BCUT2D eigenvalue weighted by Gasteiger charge is -2.05. The second-order valence-corrected chi connectivity index (χ2v) is 5.47. The van der Waals surface area contributed by atoms with E-state index in [0.29, 0.717) is 12.4 Å². The number of nitrogens with zero attached hydrogens (tertiary/aromatic N) is 1. The summed E-state index contributed by atoms with van der Waals surface area (Å²) in [5.41, 5.74) is 1.30. The zero-order chi connectivity index (χ0) is 13.8. The molecule has 0 aliphatic rings. The number of benzene rings is 1. The minimum absolute atomic E-state index is 0.235. The van der Waals surface area contributed by atoms with Gasteiger partial charge in [0, 0.05) is 11.3 Å². The standard InChI is InChI=1S/C14H15NO3S/c1-9-10(2)19-13(15-9)6-7-18-12-5-3-4-11(8-12)14(16)17/h3-5,8H,6-7H2,1-2H3,(H,16,17). The number of rotatable bonds is 5. The monoisotopic (exact) mass is 277 g/mol. The Morgan fingerprint density at radius 3 is 2.84 bits per heavy atom. The van der Waals surface area contributed by atoms with Gasteiger partial charge in [-0.15, -0.1) is 11.3 Å². The van der Waals surface area contributed by atoms with Crippen molar-refractivity contribution in [3.8, 4) is 5.75 Å². The fourth-order valence-corrected chi connectivity index (χ4v) is 2.54. The zero-order valence-corrected chi connectivity index (χ0v) is 11.7. The third-order valence-corrected chi connectivity index (χ3v) is 3.87. The molecule has 0 saturated carbocycles. The van der Waals surface area contributed by atoms with Crippen molar-refractivity contribution >= 4 is 17.3 Å². The average molecular weight is 277 g/mol. The van der Waals surface area contributed by atoms with Crippen LogP contribution in [0.15, 0.2) is 24.3 Å². The molecule has 0 amide bonds. The van der Waals surface area contributed by atoms with Gasteiger partial charge in [-0.2, -0.15) is 0 Å². The molecule has 1 N–H and O–H groups in total. The summed E-state index contributed by atoms with van der Waals surface area (Å²) in [6, 6.07) is 6.50. The van der Waals surface area contributed by atoms with Crippen molar-refractivity contribution in [1.29, 1.82) is 0 Å². The summed E-state index contributed by atoms with van der Waals surface area (Å²) in [5.74, 6) is -0.374. The summed E-state index contributed by atoms with van der Waals surface area (Å²) < 4.78 is 5.55. The lowest BCUT2D eigenvalue weighted by Crippen LogP contribution is -2.02. The predicted octanol–water partition coefficient (Wildman–Crippen LogP) is 3.08. The predicted molar refractivity (Wildman–Crippen MR) is 74.2 cm³/mol. The first-order chi connectivity index (χ1) is 9.06. The molecule has 1 heterocycles. The Kier molecular flexibility index (Phi) is 4.16. The van der Waals surface area contributed by atoms with Crippen LogP contribution in [0.25, 0.3) is 0 Å². The average Bonchev–Trinajstić information content (AvgIpc) is 2.69. The highest BCUT2D eigenvalue weighted by atomic mass is 32.1. The summed E-state index contributed by atoms with van der Waals surface area (Å²) in [6.45, 7) is 4.54. The van der Waals surface area contributed by atoms with Crippen molar-refractivity contribution in [1.82, 2.24) is 4.98 Å². The minimum atomic E-state index is -0.948. The smallest absolute Gasteiger partial charge is 0.335 e. The Hall–Kier alpha value is -1.88. The van der Waals surface area contributed by atoms with E-state index in [-0.39, 0.29) is 5.56 Å². The molecular weight excluding hydrogens is 262 g/mol. The van der Waals surface area contributed by atoms with Gasteiger partial charge in [-0.1, -0.05) is 6.07 Å². The van der Waals surface area contributed by atoms with Gasteiger partial charge in [0.05, 0.1) is 22.9 Å². The van der Waals surface area contributed by atoms with Crippen LogP contribution in [0.3, 0.4) is 0 Å². The van der Waals surface area contributed by atoms with Crippen molar-refractivity contribution < 1.29 is 14.6 Å². The summed E-state index contributed by atoms with van der Waals surface area (Å²) in [6.07, 6.45) is 0.733. The number of thiazole rings is 1. The Balaban J connectivity index is 1.92. The van der Waals surface area contributed by atoms with Gasteiger partial charge < -0.3 is 9.84 Å². The first kappa shape index (κ1) is 13.5. The lowest BCUT2D eigenvalue weighted by molar-refractivity contribution is 0.0696. The van der Waals surface area contributed by atoms with Crippen LogP contribution in [0.2, 0.25) is 0 Å². The molecule has 0 aliphatic heterocycles. The quantitative estimate of drug-likeness (QED) is 0.912. The van der Waals surface area contributed by atoms with Gasteiger partial charge in [0.25, 0.3) is 0 Å². The number of ether oxygens (including phenoxy) is 1. The van der Waals surface area contributed by atoms with Gasteiger partial charge in [0.2, 0.25) is 0 Å². The maximum Gasteiger partial charge on any atom is 0.335 e. The van der Waals surface area contributed by atoms with Gasteiger partial charge in [0.1, 0.15) is 5.75 Å². The summed E-state index contributed by atoms with van der Waals surface area (Å²) in [7, 11) is 0. The van der Waals surface area contributed by atoms with E-state index < -0.39 is 5.97 Å². The number of carboxylic acid groups (broad SMARTS) is 1. The van der Waals surface area contributed by atoms with Crippen LogP contribution in [0.5, 0.6) is 5.75 Å². The molecule has 2 aromatic rings. The van der Waals surface area contributed by atoms with E-state index in [2.05, 4.69) is 4.98 Å².